The van der Waals surface area contributed by atoms with Gasteiger partial charge >= 0.3 is 0 Å². The Bertz CT molecular complexity index is 729. The number of likely N-dealkylation sites (tertiary alicyclic amines) is 1. The zero-order valence-electron chi connectivity index (χ0n) is 13.7. The summed E-state index contributed by atoms with van der Waals surface area (Å²) in [6.45, 7) is 1.41. The van der Waals surface area contributed by atoms with E-state index >= 15 is 0 Å². The molecule has 24 heavy (non-hydrogen) atoms. The fourth-order valence-corrected chi connectivity index (χ4v) is 3.31. The maximum absolute atomic E-state index is 13.7. The van der Waals surface area contributed by atoms with Gasteiger partial charge in [0, 0.05) is 32.4 Å². The minimum atomic E-state index is -0.554. The van der Waals surface area contributed by atoms with Gasteiger partial charge in [-0.25, -0.2) is 8.78 Å². The van der Waals surface area contributed by atoms with Crippen LogP contribution in [0.15, 0.2) is 30.5 Å². The molecule has 1 fully saturated rings. The van der Waals surface area contributed by atoms with Crippen molar-refractivity contribution < 1.29 is 13.6 Å². The van der Waals surface area contributed by atoms with Gasteiger partial charge in [0.25, 0.3) is 5.91 Å². The molecule has 2 heterocycles. The Morgan fingerprint density at radius 2 is 2.17 bits per heavy atom. The Kier molecular flexibility index (Phi) is 4.92. The minimum absolute atomic E-state index is 0.00679. The minimum Gasteiger partial charge on any atom is -0.337 e. The van der Waals surface area contributed by atoms with Gasteiger partial charge in [-0.15, -0.1) is 0 Å². The molecular formula is C18H21F2N3O. The third-order valence-corrected chi connectivity index (χ3v) is 4.68. The van der Waals surface area contributed by atoms with Crippen LogP contribution in [0.25, 0.3) is 0 Å². The maximum atomic E-state index is 13.7. The SMILES string of the molecule is Cn1nccc1C(=O)N1CCC[C@H](CCc2ccc(F)cc2F)C1. The molecule has 128 valence electrons. The fourth-order valence-electron chi connectivity index (χ4n) is 3.31. The number of rotatable bonds is 4. The first-order chi connectivity index (χ1) is 11.5. The van der Waals surface area contributed by atoms with E-state index in [-0.39, 0.29) is 5.91 Å². The largest absolute Gasteiger partial charge is 0.337 e. The summed E-state index contributed by atoms with van der Waals surface area (Å²) in [7, 11) is 1.76. The standard InChI is InChI=1S/C18H21F2N3O/c1-22-17(8-9-21-22)18(24)23-10-2-3-13(12-23)4-5-14-6-7-15(19)11-16(14)20/h6-9,11,13H,2-5,10,12H2,1H3/t13-/m1/s1. The quantitative estimate of drug-likeness (QED) is 0.862. The second-order valence-corrected chi connectivity index (χ2v) is 6.37. The van der Waals surface area contributed by atoms with Gasteiger partial charge in [0.15, 0.2) is 0 Å². The summed E-state index contributed by atoms with van der Waals surface area (Å²) >= 11 is 0. The van der Waals surface area contributed by atoms with Crippen molar-refractivity contribution in [1.82, 2.24) is 14.7 Å². The van der Waals surface area contributed by atoms with E-state index in [1.807, 2.05) is 4.90 Å². The summed E-state index contributed by atoms with van der Waals surface area (Å²) < 4.78 is 28.3. The van der Waals surface area contributed by atoms with Gasteiger partial charge in [0.1, 0.15) is 17.3 Å². The van der Waals surface area contributed by atoms with Crippen LogP contribution >= 0.6 is 0 Å². The lowest BCUT2D eigenvalue weighted by atomic mass is 9.91. The highest BCUT2D eigenvalue weighted by Crippen LogP contribution is 2.23. The number of aryl methyl sites for hydroxylation is 2. The molecule has 6 heteroatoms. The van der Waals surface area contributed by atoms with Gasteiger partial charge in [-0.3, -0.25) is 9.48 Å². The van der Waals surface area contributed by atoms with Crippen molar-refractivity contribution in [3.05, 3.63) is 53.4 Å². The van der Waals surface area contributed by atoms with Crippen molar-refractivity contribution in [2.45, 2.75) is 25.7 Å². The summed E-state index contributed by atoms with van der Waals surface area (Å²) in [5.41, 5.74) is 1.12. The normalized spacial score (nSPS) is 18.0. The molecule has 0 radical (unpaired) electrons. The second-order valence-electron chi connectivity index (χ2n) is 6.37. The second kappa shape index (κ2) is 7.11. The van der Waals surface area contributed by atoms with Crippen molar-refractivity contribution in [2.24, 2.45) is 13.0 Å². The van der Waals surface area contributed by atoms with Crippen LogP contribution in [0, 0.1) is 17.6 Å². The van der Waals surface area contributed by atoms with E-state index in [4.69, 9.17) is 0 Å². The summed E-state index contributed by atoms with van der Waals surface area (Å²) in [6.07, 6.45) is 4.94. The Balaban J connectivity index is 1.59. The van der Waals surface area contributed by atoms with Crippen molar-refractivity contribution in [3.63, 3.8) is 0 Å². The van der Waals surface area contributed by atoms with E-state index in [2.05, 4.69) is 5.10 Å². The molecule has 0 bridgehead atoms. The van der Waals surface area contributed by atoms with Gasteiger partial charge in [-0.2, -0.15) is 5.10 Å². The van der Waals surface area contributed by atoms with Crippen LogP contribution in [-0.4, -0.2) is 33.7 Å². The van der Waals surface area contributed by atoms with Crippen molar-refractivity contribution in [2.75, 3.05) is 13.1 Å². The summed E-state index contributed by atoms with van der Waals surface area (Å²) in [4.78, 5) is 14.4. The Morgan fingerprint density at radius 3 is 2.88 bits per heavy atom. The number of nitrogens with zero attached hydrogens (tertiary/aromatic N) is 3. The lowest BCUT2D eigenvalue weighted by Crippen LogP contribution is -2.40. The first-order valence-corrected chi connectivity index (χ1v) is 8.26. The van der Waals surface area contributed by atoms with Crippen molar-refractivity contribution in [3.8, 4) is 0 Å². The third kappa shape index (κ3) is 3.63. The van der Waals surface area contributed by atoms with Crippen LogP contribution in [-0.2, 0) is 13.5 Å². The number of hydrogen-bond acceptors (Lipinski definition) is 2. The van der Waals surface area contributed by atoms with Gasteiger partial charge in [0.2, 0.25) is 0 Å². The number of hydrogen-bond donors (Lipinski definition) is 0. The molecule has 0 aliphatic carbocycles. The monoisotopic (exact) mass is 333 g/mol. The lowest BCUT2D eigenvalue weighted by Gasteiger charge is -2.32. The molecule has 1 amide bonds. The first kappa shape index (κ1) is 16.6. The van der Waals surface area contributed by atoms with Gasteiger partial charge in [-0.05, 0) is 49.3 Å². The van der Waals surface area contributed by atoms with Crippen LogP contribution in [0.1, 0.15) is 35.3 Å². The molecule has 4 nitrogen and oxygen atoms in total. The molecule has 0 saturated carbocycles. The molecule has 3 rings (SSSR count). The van der Waals surface area contributed by atoms with E-state index in [1.54, 1.807) is 24.0 Å². The van der Waals surface area contributed by atoms with E-state index < -0.39 is 11.6 Å². The van der Waals surface area contributed by atoms with Gasteiger partial charge in [-0.1, -0.05) is 6.07 Å². The number of aromatic nitrogens is 2. The number of benzene rings is 1. The predicted octanol–water partition coefficient (Wildman–Crippen LogP) is 3.18. The Morgan fingerprint density at radius 1 is 1.33 bits per heavy atom. The molecule has 0 spiro atoms. The van der Waals surface area contributed by atoms with E-state index in [0.717, 1.165) is 31.9 Å². The molecule has 0 N–H and O–H groups in total. The number of carbonyl (C=O) groups is 1. The lowest BCUT2D eigenvalue weighted by molar-refractivity contribution is 0.0657. The van der Waals surface area contributed by atoms with Gasteiger partial charge < -0.3 is 4.90 Å². The molecule has 1 saturated heterocycles. The molecule has 1 aliphatic rings. The maximum Gasteiger partial charge on any atom is 0.272 e. The van der Waals surface area contributed by atoms with E-state index in [1.165, 1.54) is 12.1 Å². The van der Waals surface area contributed by atoms with Crippen LogP contribution in [0.2, 0.25) is 0 Å². The zero-order chi connectivity index (χ0) is 17.1. The molecule has 2 aromatic rings. The smallest absolute Gasteiger partial charge is 0.272 e. The molecular weight excluding hydrogens is 312 g/mol. The Hall–Kier alpha value is -2.24. The number of halogens is 2. The number of amides is 1. The number of carbonyl (C=O) groups excluding carboxylic acids is 1. The predicted molar refractivity (Wildman–Crippen MR) is 86.5 cm³/mol. The van der Waals surface area contributed by atoms with Crippen LogP contribution in [0.3, 0.4) is 0 Å². The Labute approximate surface area is 140 Å². The highest BCUT2D eigenvalue weighted by atomic mass is 19.1. The molecule has 1 aromatic heterocycles. The summed E-state index contributed by atoms with van der Waals surface area (Å²) in [5.74, 6) is -0.719. The first-order valence-electron chi connectivity index (χ1n) is 8.26. The fraction of sp³-hybridized carbons (Fsp3) is 0.444. The average molecular weight is 333 g/mol. The van der Waals surface area contributed by atoms with Crippen LogP contribution < -0.4 is 0 Å². The third-order valence-electron chi connectivity index (χ3n) is 4.68. The van der Waals surface area contributed by atoms with Crippen LogP contribution in [0.5, 0.6) is 0 Å². The van der Waals surface area contributed by atoms with Gasteiger partial charge in [0.05, 0.1) is 0 Å². The van der Waals surface area contributed by atoms with Crippen molar-refractivity contribution >= 4 is 5.91 Å². The molecule has 1 aliphatic heterocycles. The molecule has 1 aromatic carbocycles. The van der Waals surface area contributed by atoms with Crippen LogP contribution in [0.4, 0.5) is 8.78 Å². The highest BCUT2D eigenvalue weighted by molar-refractivity contribution is 5.92. The summed E-state index contributed by atoms with van der Waals surface area (Å²) in [5, 5.41) is 4.04. The van der Waals surface area contributed by atoms with E-state index in [9.17, 15) is 13.6 Å². The number of piperidine rings is 1. The summed E-state index contributed by atoms with van der Waals surface area (Å²) in [6, 6.07) is 5.44. The molecule has 0 unspecified atom stereocenters. The molecule has 1 atom stereocenters. The van der Waals surface area contributed by atoms with Crippen molar-refractivity contribution in [1.29, 1.82) is 0 Å². The average Bonchev–Trinajstić information content (AvgIpc) is 3.00. The topological polar surface area (TPSA) is 38.1 Å². The van der Waals surface area contributed by atoms with E-state index in [0.29, 0.717) is 30.1 Å². The zero-order valence-corrected chi connectivity index (χ0v) is 13.7. The highest BCUT2D eigenvalue weighted by Gasteiger charge is 2.25.